The molecule has 0 unspecified atom stereocenters. The Bertz CT molecular complexity index is 1500. The Morgan fingerprint density at radius 2 is 1.89 bits per heavy atom. The predicted molar refractivity (Wildman–Crippen MR) is 168 cm³/mol. The van der Waals surface area contributed by atoms with Gasteiger partial charge in [0.1, 0.15) is 6.61 Å². The largest absolute Gasteiger partial charge is 0.493 e. The van der Waals surface area contributed by atoms with Crippen LogP contribution in [-0.2, 0) is 22.7 Å². The van der Waals surface area contributed by atoms with Gasteiger partial charge in [-0.25, -0.2) is 0 Å². The highest BCUT2D eigenvalue weighted by atomic mass is 16.7. The summed E-state index contributed by atoms with van der Waals surface area (Å²) in [5, 5.41) is 20.7. The third-order valence-corrected chi connectivity index (χ3v) is 8.51. The summed E-state index contributed by atoms with van der Waals surface area (Å²) >= 11 is 0. The summed E-state index contributed by atoms with van der Waals surface area (Å²) in [6, 6.07) is 17.7. The molecule has 2 heterocycles. The molecule has 3 atom stereocenters. The monoisotopic (exact) mass is 619 g/mol. The van der Waals surface area contributed by atoms with E-state index in [4.69, 9.17) is 24.7 Å². The van der Waals surface area contributed by atoms with Crippen LogP contribution in [0.2, 0.25) is 0 Å². The van der Waals surface area contributed by atoms with E-state index in [1.165, 1.54) is 0 Å². The van der Waals surface area contributed by atoms with E-state index in [0.717, 1.165) is 24.1 Å². The highest BCUT2D eigenvalue weighted by molar-refractivity contribution is 5.95. The van der Waals surface area contributed by atoms with E-state index in [0.29, 0.717) is 47.2 Å². The molecule has 4 N–H and O–H groups in total. The molecule has 11 nitrogen and oxygen atoms in total. The van der Waals surface area contributed by atoms with Gasteiger partial charge in [0.2, 0.25) is 12.7 Å². The number of aliphatic hydroxyl groups excluding tert-OH is 1. The number of ether oxygens (including phenoxy) is 4. The normalized spacial score (nSPS) is 19.0. The van der Waals surface area contributed by atoms with Gasteiger partial charge >= 0.3 is 5.97 Å². The molecule has 0 radical (unpaired) electrons. The number of nitrogens with zero attached hydrogens (tertiary/aromatic N) is 2. The van der Waals surface area contributed by atoms with Gasteiger partial charge in [-0.3, -0.25) is 14.5 Å². The maximum atomic E-state index is 14.1. The minimum Gasteiger partial charge on any atom is -0.493 e. The van der Waals surface area contributed by atoms with Crippen LogP contribution >= 0.6 is 0 Å². The van der Waals surface area contributed by atoms with E-state index < -0.39 is 23.8 Å². The van der Waals surface area contributed by atoms with Gasteiger partial charge in [-0.15, -0.1) is 0 Å². The quantitative estimate of drug-likeness (QED) is 0.244. The van der Waals surface area contributed by atoms with Gasteiger partial charge < -0.3 is 39.8 Å². The average molecular weight is 620 g/mol. The van der Waals surface area contributed by atoms with Crippen molar-refractivity contribution < 1.29 is 38.7 Å². The van der Waals surface area contributed by atoms with Crippen LogP contribution in [0, 0.1) is 5.92 Å². The van der Waals surface area contributed by atoms with Gasteiger partial charge in [0.05, 0.1) is 32.2 Å². The summed E-state index contributed by atoms with van der Waals surface area (Å²) in [7, 11) is 1.54. The van der Waals surface area contributed by atoms with Gasteiger partial charge in [0, 0.05) is 36.8 Å². The van der Waals surface area contributed by atoms with Crippen LogP contribution in [0.3, 0.4) is 0 Å². The second kappa shape index (κ2) is 14.6. The zero-order valence-corrected chi connectivity index (χ0v) is 25.7. The number of aliphatic carboxylic acids is 1. The number of carbonyl (C=O) groups excluding carboxylic acids is 1. The fraction of sp³-hybridized carbons (Fsp3) is 0.412. The second-order valence-corrected chi connectivity index (χ2v) is 11.3. The third-order valence-electron chi connectivity index (χ3n) is 8.51. The minimum absolute atomic E-state index is 0.0101. The number of carbonyl (C=O) groups is 2. The van der Waals surface area contributed by atoms with Crippen molar-refractivity contribution in [3.8, 4) is 23.0 Å². The molecule has 3 aromatic rings. The van der Waals surface area contributed by atoms with Crippen molar-refractivity contribution in [1.82, 2.24) is 4.90 Å². The molecule has 2 aliphatic rings. The first-order chi connectivity index (χ1) is 21.9. The number of carboxylic acids is 1. The highest BCUT2D eigenvalue weighted by Crippen LogP contribution is 2.44. The molecule has 0 aromatic heterocycles. The number of para-hydroxylation sites is 2. The van der Waals surface area contributed by atoms with Crippen molar-refractivity contribution in [1.29, 1.82) is 0 Å². The SMILES string of the molecule is CCCCN(C(=O)CN1C[C@H](c2cc(CO)c3c(c2)OCO3)[C@@H](C(=O)O)[C@@H]1COc1ccccc1OC)c1cccc(CN)c1. The number of amides is 1. The van der Waals surface area contributed by atoms with E-state index in [-0.39, 0.29) is 39.0 Å². The van der Waals surface area contributed by atoms with Crippen LogP contribution in [0.5, 0.6) is 23.0 Å². The summed E-state index contributed by atoms with van der Waals surface area (Å²) in [6.07, 6.45) is 1.71. The van der Waals surface area contributed by atoms with Crippen LogP contribution < -0.4 is 29.6 Å². The fourth-order valence-electron chi connectivity index (χ4n) is 6.21. The van der Waals surface area contributed by atoms with Gasteiger partial charge in [0.25, 0.3) is 0 Å². The van der Waals surface area contributed by atoms with E-state index in [9.17, 15) is 19.8 Å². The predicted octanol–water partition coefficient (Wildman–Crippen LogP) is 3.76. The number of hydrogen-bond acceptors (Lipinski definition) is 9. The molecule has 0 aliphatic carbocycles. The first-order valence-electron chi connectivity index (χ1n) is 15.2. The number of unbranched alkanes of at least 4 members (excludes halogenated alkanes) is 1. The average Bonchev–Trinajstić information content (AvgIpc) is 3.68. The Morgan fingerprint density at radius 1 is 1.09 bits per heavy atom. The summed E-state index contributed by atoms with van der Waals surface area (Å²) in [5.74, 6) is -0.682. The van der Waals surface area contributed by atoms with Crippen LogP contribution in [0.4, 0.5) is 5.69 Å². The van der Waals surface area contributed by atoms with Crippen molar-refractivity contribution in [2.45, 2.75) is 44.9 Å². The van der Waals surface area contributed by atoms with E-state index >= 15 is 0 Å². The lowest BCUT2D eigenvalue weighted by Gasteiger charge is -2.30. The van der Waals surface area contributed by atoms with Gasteiger partial charge in [-0.2, -0.15) is 0 Å². The van der Waals surface area contributed by atoms with Gasteiger partial charge in [-0.1, -0.05) is 37.6 Å². The van der Waals surface area contributed by atoms with Gasteiger partial charge in [-0.05, 0) is 53.9 Å². The van der Waals surface area contributed by atoms with E-state index in [1.807, 2.05) is 41.3 Å². The van der Waals surface area contributed by atoms with Crippen molar-refractivity contribution in [3.05, 3.63) is 77.4 Å². The molecule has 0 spiro atoms. The molecular formula is C34H41N3O8. The Morgan fingerprint density at radius 3 is 2.60 bits per heavy atom. The fourth-order valence-corrected chi connectivity index (χ4v) is 6.21. The topological polar surface area (TPSA) is 144 Å². The zero-order chi connectivity index (χ0) is 31.9. The number of carboxylic acid groups (broad SMARTS) is 1. The first kappa shape index (κ1) is 32.1. The Hall–Kier alpha value is -4.32. The second-order valence-electron chi connectivity index (χ2n) is 11.3. The number of aliphatic hydroxyl groups is 1. The summed E-state index contributed by atoms with van der Waals surface area (Å²) < 4.78 is 22.8. The first-order valence-corrected chi connectivity index (χ1v) is 15.2. The van der Waals surface area contributed by atoms with Crippen molar-refractivity contribution in [3.63, 3.8) is 0 Å². The number of benzene rings is 3. The maximum Gasteiger partial charge on any atom is 0.308 e. The number of hydrogen-bond donors (Lipinski definition) is 3. The molecule has 0 saturated carbocycles. The number of rotatable bonds is 14. The van der Waals surface area contributed by atoms with Crippen LogP contribution in [0.1, 0.15) is 42.4 Å². The van der Waals surface area contributed by atoms with E-state index in [1.54, 1.807) is 36.3 Å². The maximum absolute atomic E-state index is 14.1. The molecule has 0 bridgehead atoms. The molecule has 2 aliphatic heterocycles. The summed E-state index contributed by atoms with van der Waals surface area (Å²) in [5.41, 5.74) is 8.77. The molecule has 3 aromatic carbocycles. The van der Waals surface area contributed by atoms with Crippen molar-refractivity contribution >= 4 is 17.6 Å². The number of likely N-dealkylation sites (tertiary alicyclic amines) is 1. The lowest BCUT2D eigenvalue weighted by Crippen LogP contribution is -2.46. The molecule has 45 heavy (non-hydrogen) atoms. The lowest BCUT2D eigenvalue weighted by molar-refractivity contribution is -0.143. The number of methoxy groups -OCH3 is 1. The zero-order valence-electron chi connectivity index (χ0n) is 25.7. The molecule has 1 saturated heterocycles. The molecule has 1 fully saturated rings. The van der Waals surface area contributed by atoms with Gasteiger partial charge in [0.15, 0.2) is 23.0 Å². The molecule has 11 heteroatoms. The lowest BCUT2D eigenvalue weighted by atomic mass is 9.84. The van der Waals surface area contributed by atoms with Crippen LogP contribution in [-0.4, -0.2) is 73.2 Å². The smallest absolute Gasteiger partial charge is 0.308 e. The number of nitrogens with two attached hydrogens (primary N) is 1. The standard InChI is InChI=1S/C34H41N3O8/c1-3-4-12-37(25-9-7-8-22(13-25)16-35)31(39)18-36-17-26(23-14-24(19-38)33-30(15-23)44-21-45-33)32(34(40)41)27(36)20-43-29-11-6-5-10-28(29)42-2/h5-11,13-15,26-27,32,38H,3-4,12,16-21,35H2,1-2H3,(H,40,41)/t26-,27+,32-/m1/s1. The van der Waals surface area contributed by atoms with Crippen LogP contribution in [0.25, 0.3) is 0 Å². The molecule has 1 amide bonds. The molecular weight excluding hydrogens is 578 g/mol. The van der Waals surface area contributed by atoms with Crippen molar-refractivity contribution in [2.24, 2.45) is 11.7 Å². The summed E-state index contributed by atoms with van der Waals surface area (Å²) in [6.45, 7) is 2.94. The Balaban J connectivity index is 1.49. The Kier molecular flexibility index (Phi) is 10.4. The van der Waals surface area contributed by atoms with Crippen molar-refractivity contribution in [2.75, 3.05) is 45.0 Å². The Labute approximate surface area is 263 Å². The molecule has 5 rings (SSSR count). The molecule has 240 valence electrons. The summed E-state index contributed by atoms with van der Waals surface area (Å²) in [4.78, 5) is 30.7. The highest BCUT2D eigenvalue weighted by Gasteiger charge is 2.48. The third kappa shape index (κ3) is 7.00. The minimum atomic E-state index is -1.01. The van der Waals surface area contributed by atoms with Crippen LogP contribution in [0.15, 0.2) is 60.7 Å². The van der Waals surface area contributed by atoms with E-state index in [2.05, 4.69) is 6.92 Å². The number of fused-ring (bicyclic) bond motifs is 1. The number of anilines is 1.